The van der Waals surface area contributed by atoms with E-state index in [2.05, 4.69) is 46.0 Å². The molecule has 1 saturated carbocycles. The summed E-state index contributed by atoms with van der Waals surface area (Å²) in [5.41, 5.74) is 2.65. The van der Waals surface area contributed by atoms with Crippen molar-refractivity contribution in [1.29, 1.82) is 5.26 Å². The number of aromatic nitrogens is 2. The highest BCUT2D eigenvalue weighted by atomic mass is 35.5. The van der Waals surface area contributed by atoms with Crippen LogP contribution >= 0.6 is 11.6 Å². The Morgan fingerprint density at radius 3 is 2.80 bits per heavy atom. The fraction of sp³-hybridized carbons (Fsp3) is 0.567. The number of nitriles is 1. The molecule has 8 nitrogen and oxygen atoms in total. The molecule has 3 aliphatic rings. The van der Waals surface area contributed by atoms with E-state index in [1.807, 2.05) is 19.1 Å². The van der Waals surface area contributed by atoms with Crippen LogP contribution in [0.3, 0.4) is 0 Å². The van der Waals surface area contributed by atoms with Gasteiger partial charge >= 0.3 is 6.01 Å². The second kappa shape index (κ2) is 12.6. The molecule has 40 heavy (non-hydrogen) atoms. The summed E-state index contributed by atoms with van der Waals surface area (Å²) in [7, 11) is 4.28. The minimum Gasteiger partial charge on any atom is -0.463 e. The molecule has 1 aromatic carbocycles. The van der Waals surface area contributed by atoms with E-state index in [1.54, 1.807) is 6.07 Å². The van der Waals surface area contributed by atoms with Gasteiger partial charge < -0.3 is 24.3 Å². The monoisotopic (exact) mass is 567 g/mol. The average Bonchev–Trinajstić information content (AvgIpc) is 3.43. The maximum atomic E-state index is 14.3. The summed E-state index contributed by atoms with van der Waals surface area (Å²) in [6.07, 6.45) is 8.67. The molecular weight excluding hydrogens is 529 g/mol. The first-order chi connectivity index (χ1) is 19.4. The highest BCUT2D eigenvalue weighted by Crippen LogP contribution is 2.36. The maximum Gasteiger partial charge on any atom is 0.318 e. The molecule has 1 saturated heterocycles. The molecule has 5 rings (SSSR count). The van der Waals surface area contributed by atoms with Crippen molar-refractivity contribution >= 4 is 23.1 Å². The van der Waals surface area contributed by atoms with E-state index in [4.69, 9.17) is 26.3 Å². The zero-order valence-corrected chi connectivity index (χ0v) is 24.4. The molecule has 3 unspecified atom stereocenters. The third-order valence-electron chi connectivity index (χ3n) is 8.48. The van der Waals surface area contributed by atoms with E-state index < -0.39 is 5.82 Å². The van der Waals surface area contributed by atoms with Gasteiger partial charge in [0.05, 0.1) is 48.1 Å². The number of hydrogen-bond acceptors (Lipinski definition) is 8. The Bertz CT molecular complexity index is 1270. The number of halogens is 2. The lowest BCUT2D eigenvalue weighted by Crippen LogP contribution is -2.51. The first kappa shape index (κ1) is 28.4. The third kappa shape index (κ3) is 6.13. The summed E-state index contributed by atoms with van der Waals surface area (Å²) in [5.74, 6) is 0.945. The van der Waals surface area contributed by atoms with Gasteiger partial charge in [-0.05, 0) is 71.0 Å². The predicted molar refractivity (Wildman–Crippen MR) is 156 cm³/mol. The minimum absolute atomic E-state index is 0.0811. The molecular formula is C30H39ClFN7O. The van der Waals surface area contributed by atoms with Crippen molar-refractivity contribution in [2.24, 2.45) is 5.92 Å². The molecule has 1 aliphatic carbocycles. The summed E-state index contributed by atoms with van der Waals surface area (Å²) >= 11 is 6.36. The number of rotatable bonds is 8. The lowest BCUT2D eigenvalue weighted by molar-refractivity contribution is 0.219. The molecule has 3 heterocycles. The molecule has 0 spiro atoms. The second-order valence-corrected chi connectivity index (χ2v) is 11.7. The Hall–Kier alpha value is -3.09. The van der Waals surface area contributed by atoms with Crippen LogP contribution in [0, 0.1) is 23.1 Å². The fourth-order valence-electron chi connectivity index (χ4n) is 6.25. The average molecular weight is 568 g/mol. The van der Waals surface area contributed by atoms with Gasteiger partial charge in [0.1, 0.15) is 11.6 Å². The third-order valence-corrected chi connectivity index (χ3v) is 8.86. The highest BCUT2D eigenvalue weighted by molar-refractivity contribution is 6.33. The standard InChI is InChI=1S/C30H39ClFN7O/c1-4-13-37-15-16-39(18-23(37)10-12-33)29-24-11-14-38(27-7-5-6-25(32)28(27)31)19-26(24)34-30(35-29)40-20-21-8-9-22(17-21)36(2)3/h4-7,13,21-23H,8-11,14-20H2,1-3H3. The largest absolute Gasteiger partial charge is 0.463 e. The van der Waals surface area contributed by atoms with Gasteiger partial charge in [-0.3, -0.25) is 0 Å². The van der Waals surface area contributed by atoms with Crippen molar-refractivity contribution in [3.8, 4) is 12.1 Å². The molecule has 0 amide bonds. The lowest BCUT2D eigenvalue weighted by atomic mass is 10.0. The van der Waals surface area contributed by atoms with Crippen LogP contribution in [0.1, 0.15) is 43.9 Å². The van der Waals surface area contributed by atoms with Gasteiger partial charge in [0.25, 0.3) is 0 Å². The molecule has 214 valence electrons. The Kier molecular flexibility index (Phi) is 8.97. The maximum absolute atomic E-state index is 14.3. The Balaban J connectivity index is 1.42. The van der Waals surface area contributed by atoms with Crippen LogP contribution in [-0.4, -0.2) is 78.7 Å². The van der Waals surface area contributed by atoms with Gasteiger partial charge in [0.15, 0.2) is 0 Å². The second-order valence-electron chi connectivity index (χ2n) is 11.3. The summed E-state index contributed by atoms with van der Waals surface area (Å²) < 4.78 is 20.6. The molecule has 3 atom stereocenters. The lowest BCUT2D eigenvalue weighted by Gasteiger charge is -2.42. The van der Waals surface area contributed by atoms with Crippen LogP contribution in [0.4, 0.5) is 15.9 Å². The minimum atomic E-state index is -0.424. The van der Waals surface area contributed by atoms with Crippen molar-refractivity contribution < 1.29 is 9.13 Å². The van der Waals surface area contributed by atoms with E-state index in [-0.39, 0.29) is 11.1 Å². The summed E-state index contributed by atoms with van der Waals surface area (Å²) in [4.78, 5) is 18.8. The number of ether oxygens (including phenoxy) is 1. The normalized spacial score (nSPS) is 23.1. The molecule has 2 fully saturated rings. The van der Waals surface area contributed by atoms with E-state index in [9.17, 15) is 9.65 Å². The molecule has 2 aliphatic heterocycles. The van der Waals surface area contributed by atoms with Crippen molar-refractivity contribution in [2.45, 2.75) is 57.7 Å². The van der Waals surface area contributed by atoms with Gasteiger partial charge in [0, 0.05) is 37.8 Å². The van der Waals surface area contributed by atoms with E-state index in [0.717, 1.165) is 43.0 Å². The van der Waals surface area contributed by atoms with E-state index in [0.29, 0.717) is 62.7 Å². The fourth-order valence-corrected chi connectivity index (χ4v) is 6.50. The zero-order chi connectivity index (χ0) is 28.2. The number of hydrogen-bond donors (Lipinski definition) is 0. The van der Waals surface area contributed by atoms with Crippen molar-refractivity contribution in [3.63, 3.8) is 0 Å². The van der Waals surface area contributed by atoms with Crippen molar-refractivity contribution in [2.75, 3.05) is 56.7 Å². The molecule has 10 heteroatoms. The number of nitrogens with zero attached hydrogens (tertiary/aromatic N) is 7. The molecule has 1 aromatic heterocycles. The van der Waals surface area contributed by atoms with Crippen LogP contribution in [0.25, 0.3) is 0 Å². The quantitative estimate of drug-likeness (QED) is 0.447. The first-order valence-corrected chi connectivity index (χ1v) is 14.6. The van der Waals surface area contributed by atoms with Gasteiger partial charge in [-0.1, -0.05) is 23.7 Å². The van der Waals surface area contributed by atoms with Crippen LogP contribution in [0.5, 0.6) is 6.01 Å². The van der Waals surface area contributed by atoms with Crippen LogP contribution in [0.2, 0.25) is 5.02 Å². The topological polar surface area (TPSA) is 71.8 Å². The van der Waals surface area contributed by atoms with E-state index in [1.165, 1.54) is 12.5 Å². The van der Waals surface area contributed by atoms with Gasteiger partial charge in [-0.15, -0.1) is 0 Å². The highest BCUT2D eigenvalue weighted by Gasteiger charge is 2.32. The van der Waals surface area contributed by atoms with Crippen molar-refractivity contribution in [3.05, 3.63) is 52.6 Å². The van der Waals surface area contributed by atoms with Crippen LogP contribution in [-0.2, 0) is 13.0 Å². The van der Waals surface area contributed by atoms with Crippen molar-refractivity contribution in [1.82, 2.24) is 19.8 Å². The number of fused-ring (bicyclic) bond motifs is 1. The molecule has 0 bridgehead atoms. The number of piperazine rings is 1. The zero-order valence-electron chi connectivity index (χ0n) is 23.7. The summed E-state index contributed by atoms with van der Waals surface area (Å²) in [6.45, 7) is 6.08. The molecule has 2 aromatic rings. The first-order valence-electron chi connectivity index (χ1n) is 14.3. The van der Waals surface area contributed by atoms with Gasteiger partial charge in [-0.25, -0.2) is 4.39 Å². The smallest absolute Gasteiger partial charge is 0.318 e. The Morgan fingerprint density at radius 1 is 1.20 bits per heavy atom. The van der Waals surface area contributed by atoms with E-state index >= 15 is 0 Å². The SMILES string of the molecule is CC=CN1CCN(c2nc(OCC3CCC(N(C)C)C3)nc3c2CCN(c2cccc(F)c2Cl)C3)CC1CC#N. The summed E-state index contributed by atoms with van der Waals surface area (Å²) in [5, 5.41) is 9.62. The van der Waals surface area contributed by atoms with Gasteiger partial charge in [-0.2, -0.15) is 15.2 Å². The molecule has 0 N–H and O–H groups in total. The Labute approximate surface area is 242 Å². The predicted octanol–water partition coefficient (Wildman–Crippen LogP) is 4.88. The number of anilines is 2. The van der Waals surface area contributed by atoms with Gasteiger partial charge in [0.2, 0.25) is 0 Å². The molecule has 0 radical (unpaired) electrons. The number of allylic oxidation sites excluding steroid dienone is 1. The Morgan fingerprint density at radius 2 is 2.05 bits per heavy atom. The number of benzene rings is 1. The summed E-state index contributed by atoms with van der Waals surface area (Å²) in [6, 6.07) is 8.33. The van der Waals surface area contributed by atoms with Crippen LogP contribution in [0.15, 0.2) is 30.5 Å². The van der Waals surface area contributed by atoms with Crippen LogP contribution < -0.4 is 14.5 Å².